The minimum Gasteiger partial charge on any atom is -0.449 e. The van der Waals surface area contributed by atoms with Gasteiger partial charge in [0.15, 0.2) is 0 Å². The van der Waals surface area contributed by atoms with Gasteiger partial charge in [-0.05, 0) is 43.4 Å². The van der Waals surface area contributed by atoms with Crippen LogP contribution in [0.5, 0.6) is 0 Å². The van der Waals surface area contributed by atoms with Gasteiger partial charge in [0.25, 0.3) is 0 Å². The van der Waals surface area contributed by atoms with Crippen LogP contribution in [-0.2, 0) is 4.74 Å². The standard InChI is InChI=1S/C8H14.C2H2O5/c1-8-4-2-7(6-8)3-5-8;3-1(4)7-2(5)6/h7H,2-6H2,1H3;(H,3,4)(H,5,6). The van der Waals surface area contributed by atoms with E-state index >= 15 is 0 Å². The molecular formula is C10H16O5. The Morgan fingerprint density at radius 2 is 1.67 bits per heavy atom. The number of rotatable bonds is 0. The SMILES string of the molecule is CC12CCC(CC1)C2.O=C(O)OC(=O)O. The van der Waals surface area contributed by atoms with E-state index in [4.69, 9.17) is 10.2 Å². The van der Waals surface area contributed by atoms with Gasteiger partial charge >= 0.3 is 12.3 Å². The summed E-state index contributed by atoms with van der Waals surface area (Å²) < 4.78 is 3.08. The average molecular weight is 216 g/mol. The van der Waals surface area contributed by atoms with Gasteiger partial charge in [0.05, 0.1) is 0 Å². The summed E-state index contributed by atoms with van der Waals surface area (Å²) in [5.41, 5.74) is 0.810. The lowest BCUT2D eigenvalue weighted by molar-refractivity contribution is 0.0802. The summed E-state index contributed by atoms with van der Waals surface area (Å²) in [5.74, 6) is 1.14. The lowest BCUT2D eigenvalue weighted by Crippen LogP contribution is -2.06. The van der Waals surface area contributed by atoms with Crippen LogP contribution in [0.15, 0.2) is 0 Å². The van der Waals surface area contributed by atoms with Gasteiger partial charge in [0.1, 0.15) is 0 Å². The number of hydrogen-bond donors (Lipinski definition) is 2. The molecule has 2 bridgehead atoms. The van der Waals surface area contributed by atoms with Crippen molar-refractivity contribution in [2.75, 3.05) is 0 Å². The summed E-state index contributed by atoms with van der Waals surface area (Å²) in [6.45, 7) is 2.46. The molecule has 2 fully saturated rings. The molecule has 86 valence electrons. The highest BCUT2D eigenvalue weighted by Gasteiger charge is 2.40. The molecule has 0 aromatic heterocycles. The molecule has 2 rings (SSSR count). The molecule has 2 saturated carbocycles. The summed E-state index contributed by atoms with van der Waals surface area (Å²) in [4.78, 5) is 18.4. The highest BCUT2D eigenvalue weighted by atomic mass is 16.7. The predicted molar refractivity (Wildman–Crippen MR) is 51.8 cm³/mol. The maximum absolute atomic E-state index is 9.21. The lowest BCUT2D eigenvalue weighted by atomic mass is 9.87. The number of carbonyl (C=O) groups is 2. The van der Waals surface area contributed by atoms with Crippen LogP contribution in [-0.4, -0.2) is 22.5 Å². The minimum atomic E-state index is -1.81. The zero-order chi connectivity index (χ0) is 11.5. The monoisotopic (exact) mass is 216 g/mol. The van der Waals surface area contributed by atoms with Gasteiger partial charge in [0, 0.05) is 0 Å². The van der Waals surface area contributed by atoms with Crippen LogP contribution in [0.4, 0.5) is 9.59 Å². The Morgan fingerprint density at radius 3 is 1.73 bits per heavy atom. The number of hydrogen-bond acceptors (Lipinski definition) is 3. The molecule has 0 aromatic carbocycles. The smallest absolute Gasteiger partial charge is 0.449 e. The fourth-order valence-corrected chi connectivity index (χ4v) is 2.55. The largest absolute Gasteiger partial charge is 0.516 e. The van der Waals surface area contributed by atoms with Crippen LogP contribution in [0.2, 0.25) is 0 Å². The first-order valence-electron chi connectivity index (χ1n) is 5.05. The number of carboxylic acid groups (broad SMARTS) is 2. The van der Waals surface area contributed by atoms with Gasteiger partial charge in [-0.2, -0.15) is 0 Å². The Morgan fingerprint density at radius 1 is 1.20 bits per heavy atom. The van der Waals surface area contributed by atoms with Gasteiger partial charge < -0.3 is 14.9 Å². The molecule has 15 heavy (non-hydrogen) atoms. The van der Waals surface area contributed by atoms with Crippen molar-refractivity contribution >= 4 is 12.3 Å². The molecule has 2 N–H and O–H groups in total. The Bertz CT molecular complexity index is 241. The van der Waals surface area contributed by atoms with Crippen molar-refractivity contribution in [2.45, 2.75) is 39.0 Å². The Labute approximate surface area is 88.0 Å². The van der Waals surface area contributed by atoms with Crippen molar-refractivity contribution in [2.24, 2.45) is 11.3 Å². The number of ether oxygens (including phenoxy) is 1. The van der Waals surface area contributed by atoms with Gasteiger partial charge in [-0.15, -0.1) is 0 Å². The third-order valence-corrected chi connectivity index (χ3v) is 3.27. The molecule has 5 nitrogen and oxygen atoms in total. The van der Waals surface area contributed by atoms with Crippen molar-refractivity contribution < 1.29 is 24.5 Å². The van der Waals surface area contributed by atoms with E-state index in [0.29, 0.717) is 0 Å². The van der Waals surface area contributed by atoms with Crippen molar-refractivity contribution in [1.29, 1.82) is 0 Å². The second-order valence-electron chi connectivity index (χ2n) is 4.59. The van der Waals surface area contributed by atoms with E-state index in [0.717, 1.165) is 11.3 Å². The molecule has 2 aliphatic rings. The molecule has 0 radical (unpaired) electrons. The maximum atomic E-state index is 9.21. The van der Waals surface area contributed by atoms with E-state index in [1.165, 1.54) is 25.7 Å². The van der Waals surface area contributed by atoms with Crippen LogP contribution >= 0.6 is 0 Å². The summed E-state index contributed by atoms with van der Waals surface area (Å²) >= 11 is 0. The zero-order valence-corrected chi connectivity index (χ0v) is 8.73. The third kappa shape index (κ3) is 3.77. The fraction of sp³-hybridized carbons (Fsp3) is 0.800. The van der Waals surface area contributed by atoms with Crippen molar-refractivity contribution in [1.82, 2.24) is 0 Å². The highest BCUT2D eigenvalue weighted by Crippen LogP contribution is 2.53. The van der Waals surface area contributed by atoms with Gasteiger partial charge in [-0.1, -0.05) is 6.92 Å². The third-order valence-electron chi connectivity index (χ3n) is 3.27. The molecule has 0 unspecified atom stereocenters. The second-order valence-corrected chi connectivity index (χ2v) is 4.59. The molecular weight excluding hydrogens is 200 g/mol. The van der Waals surface area contributed by atoms with Crippen LogP contribution in [0.1, 0.15) is 39.0 Å². The summed E-state index contributed by atoms with van der Waals surface area (Å²) in [7, 11) is 0. The first kappa shape index (κ1) is 11.8. The van der Waals surface area contributed by atoms with Crippen LogP contribution in [0.3, 0.4) is 0 Å². The topological polar surface area (TPSA) is 83.8 Å². The van der Waals surface area contributed by atoms with Gasteiger partial charge in [0.2, 0.25) is 0 Å². The Hall–Kier alpha value is -1.26. The summed E-state index contributed by atoms with van der Waals surface area (Å²) in [6.07, 6.45) is 4.05. The van der Waals surface area contributed by atoms with Crippen LogP contribution in [0.25, 0.3) is 0 Å². The second kappa shape index (κ2) is 4.51. The van der Waals surface area contributed by atoms with Gasteiger partial charge in [-0.25, -0.2) is 9.59 Å². The Balaban J connectivity index is 0.000000153. The molecule has 0 heterocycles. The molecule has 0 atom stereocenters. The fourth-order valence-electron chi connectivity index (χ4n) is 2.55. The Kier molecular flexibility index (Phi) is 3.55. The molecule has 0 aliphatic heterocycles. The highest BCUT2D eigenvalue weighted by molar-refractivity contribution is 5.74. The number of fused-ring (bicyclic) bond motifs is 2. The normalized spacial score (nSPS) is 31.7. The summed E-state index contributed by atoms with van der Waals surface area (Å²) in [5, 5.41) is 15.0. The molecule has 5 heteroatoms. The van der Waals surface area contributed by atoms with Gasteiger partial charge in [-0.3, -0.25) is 0 Å². The molecule has 0 amide bonds. The minimum absolute atomic E-state index is 0.810. The van der Waals surface area contributed by atoms with Crippen LogP contribution < -0.4 is 0 Å². The van der Waals surface area contributed by atoms with E-state index in [9.17, 15) is 9.59 Å². The first-order chi connectivity index (χ1) is 6.91. The lowest BCUT2D eigenvalue weighted by Gasteiger charge is -2.18. The van der Waals surface area contributed by atoms with E-state index in [2.05, 4.69) is 11.7 Å². The van der Waals surface area contributed by atoms with E-state index < -0.39 is 12.3 Å². The first-order valence-corrected chi connectivity index (χ1v) is 5.05. The van der Waals surface area contributed by atoms with Crippen molar-refractivity contribution in [3.8, 4) is 0 Å². The molecule has 0 spiro atoms. The average Bonchev–Trinajstić information content (AvgIpc) is 2.59. The predicted octanol–water partition coefficient (Wildman–Crippen LogP) is 2.95. The zero-order valence-electron chi connectivity index (χ0n) is 8.73. The van der Waals surface area contributed by atoms with Crippen molar-refractivity contribution in [3.05, 3.63) is 0 Å². The molecule has 0 aromatic rings. The van der Waals surface area contributed by atoms with Crippen molar-refractivity contribution in [3.63, 3.8) is 0 Å². The van der Waals surface area contributed by atoms with E-state index in [1.54, 1.807) is 6.42 Å². The van der Waals surface area contributed by atoms with E-state index in [-0.39, 0.29) is 0 Å². The molecule has 0 saturated heterocycles. The van der Waals surface area contributed by atoms with E-state index in [1.807, 2.05) is 0 Å². The quantitative estimate of drug-likeness (QED) is 0.480. The maximum Gasteiger partial charge on any atom is 0.516 e. The molecule has 2 aliphatic carbocycles. The van der Waals surface area contributed by atoms with Crippen LogP contribution in [0, 0.1) is 11.3 Å². The summed E-state index contributed by atoms with van der Waals surface area (Å²) in [6, 6.07) is 0.